The number of aromatic nitrogens is 4. The van der Waals surface area contributed by atoms with Gasteiger partial charge in [0.15, 0.2) is 5.15 Å². The molecule has 10 heteroatoms. The van der Waals surface area contributed by atoms with Crippen LogP contribution in [0.5, 0.6) is 0 Å². The average Bonchev–Trinajstić information content (AvgIpc) is 3.11. The number of halogens is 3. The molecule has 0 spiro atoms. The molecule has 3 atom stereocenters. The molecule has 6 rings (SSSR count). The molecule has 1 unspecified atom stereocenters. The van der Waals surface area contributed by atoms with Crippen LogP contribution in [-0.2, 0) is 4.74 Å². The number of rotatable bonds is 5. The van der Waals surface area contributed by atoms with Crippen LogP contribution in [0.3, 0.4) is 0 Å². The van der Waals surface area contributed by atoms with Crippen LogP contribution >= 0.6 is 11.6 Å². The van der Waals surface area contributed by atoms with Gasteiger partial charge >= 0.3 is 0 Å². The van der Waals surface area contributed by atoms with Crippen molar-refractivity contribution in [3.8, 4) is 0 Å². The van der Waals surface area contributed by atoms with Crippen molar-refractivity contribution in [1.29, 1.82) is 0 Å². The molecule has 2 aromatic heterocycles. The van der Waals surface area contributed by atoms with Crippen LogP contribution in [0, 0.1) is 12.8 Å². The quantitative estimate of drug-likeness (QED) is 0.509. The minimum Gasteiger partial charge on any atom is -0.379 e. The Bertz CT molecular complexity index is 1260. The van der Waals surface area contributed by atoms with Crippen molar-refractivity contribution < 1.29 is 13.5 Å². The molecule has 0 radical (unpaired) electrons. The van der Waals surface area contributed by atoms with Gasteiger partial charge in [0.05, 0.1) is 30.6 Å². The fourth-order valence-corrected chi connectivity index (χ4v) is 5.86. The van der Waals surface area contributed by atoms with Gasteiger partial charge in [0.25, 0.3) is 5.92 Å². The van der Waals surface area contributed by atoms with Gasteiger partial charge in [0, 0.05) is 24.0 Å². The van der Waals surface area contributed by atoms with Gasteiger partial charge in [-0.25, -0.2) is 23.4 Å². The summed E-state index contributed by atoms with van der Waals surface area (Å²) in [5.74, 6) is -1.30. The minimum atomic E-state index is -2.75. The number of piperidine rings is 1. The average molecular weight is 503 g/mol. The molecule has 3 aromatic rings. The van der Waals surface area contributed by atoms with Crippen molar-refractivity contribution in [3.63, 3.8) is 0 Å². The Balaban J connectivity index is 1.19. The van der Waals surface area contributed by atoms with Crippen LogP contribution in [0.1, 0.15) is 49.3 Å². The number of aryl methyl sites for hydroxylation is 1. The number of benzene rings is 1. The van der Waals surface area contributed by atoms with Crippen molar-refractivity contribution in [1.82, 2.24) is 24.6 Å². The number of nitrogens with zero attached hydrogens (tertiary/aromatic N) is 5. The highest BCUT2D eigenvalue weighted by molar-refractivity contribution is 6.32. The smallest absolute Gasteiger partial charge is 0.272 e. The Morgan fingerprint density at radius 3 is 2.63 bits per heavy atom. The van der Waals surface area contributed by atoms with E-state index in [9.17, 15) is 8.78 Å². The molecule has 2 aliphatic heterocycles. The molecule has 2 saturated heterocycles. The Hall–Kier alpha value is -2.36. The zero-order valence-corrected chi connectivity index (χ0v) is 20.6. The molecular weight excluding hydrogens is 474 g/mol. The third kappa shape index (κ3) is 4.27. The fraction of sp³-hybridized carbons (Fsp3) is 0.560. The summed E-state index contributed by atoms with van der Waals surface area (Å²) in [5.41, 5.74) is 3.85. The van der Waals surface area contributed by atoms with Crippen molar-refractivity contribution in [3.05, 3.63) is 40.8 Å². The van der Waals surface area contributed by atoms with Crippen LogP contribution in [-0.4, -0.2) is 62.9 Å². The summed E-state index contributed by atoms with van der Waals surface area (Å²) in [5, 5.41) is 8.18. The molecule has 3 aliphatic rings. The normalized spacial score (nSPS) is 26.9. The first-order valence-electron chi connectivity index (χ1n) is 12.3. The number of alkyl halides is 2. The van der Waals surface area contributed by atoms with Crippen LogP contribution in [0.15, 0.2) is 24.5 Å². The van der Waals surface area contributed by atoms with E-state index in [1.807, 2.05) is 0 Å². The summed E-state index contributed by atoms with van der Waals surface area (Å²) >= 11 is 6.31. The van der Waals surface area contributed by atoms with E-state index < -0.39 is 12.0 Å². The summed E-state index contributed by atoms with van der Waals surface area (Å²) in [6.07, 6.45) is 5.21. The molecule has 1 aromatic carbocycles. The van der Waals surface area contributed by atoms with Crippen molar-refractivity contribution in [2.45, 2.75) is 57.0 Å². The lowest BCUT2D eigenvalue weighted by molar-refractivity contribution is 0.0984. The summed E-state index contributed by atoms with van der Waals surface area (Å²) in [6.45, 7) is 8.31. The highest BCUT2D eigenvalue weighted by atomic mass is 35.5. The van der Waals surface area contributed by atoms with E-state index in [0.29, 0.717) is 29.5 Å². The number of ether oxygens (including phenoxy) is 1. The maximum atomic E-state index is 13.4. The van der Waals surface area contributed by atoms with Crippen molar-refractivity contribution in [2.24, 2.45) is 5.92 Å². The summed E-state index contributed by atoms with van der Waals surface area (Å²) in [6, 6.07) is 3.88. The van der Waals surface area contributed by atoms with Gasteiger partial charge in [-0.3, -0.25) is 4.90 Å². The molecule has 4 heterocycles. The molecule has 35 heavy (non-hydrogen) atoms. The monoisotopic (exact) mass is 502 g/mol. The molecule has 1 N–H and O–H groups in total. The zero-order valence-electron chi connectivity index (χ0n) is 19.8. The molecular formula is C25H29ClF2N6O. The Morgan fingerprint density at radius 1 is 1.17 bits per heavy atom. The van der Waals surface area contributed by atoms with Gasteiger partial charge in [0.2, 0.25) is 5.95 Å². The molecule has 1 aliphatic carbocycles. The zero-order chi connectivity index (χ0) is 24.3. The number of likely N-dealkylation sites (tertiary alicyclic amines) is 1. The number of hydrogen-bond acceptors (Lipinski definition) is 6. The second-order valence-electron chi connectivity index (χ2n) is 10.3. The molecule has 0 bridgehead atoms. The Morgan fingerprint density at radius 2 is 1.94 bits per heavy atom. The van der Waals surface area contributed by atoms with E-state index in [2.05, 4.69) is 46.3 Å². The molecule has 3 fully saturated rings. The second kappa shape index (κ2) is 8.64. The largest absolute Gasteiger partial charge is 0.379 e. The third-order valence-electron chi connectivity index (χ3n) is 7.80. The summed E-state index contributed by atoms with van der Waals surface area (Å²) in [4.78, 5) is 11.7. The third-order valence-corrected chi connectivity index (χ3v) is 8.18. The van der Waals surface area contributed by atoms with Gasteiger partial charge in [-0.15, -0.1) is 0 Å². The minimum absolute atomic E-state index is 0.134. The standard InChI is InChI=1S/C25H29ClF2N6O/c1-14-7-17-10-29-24(32-20-11-30-34(23(20)26)22-9-25(22,27)28)31-19(17)8-18(14)16-3-5-33(6-4-16)21-13-35-12-15(21)2/h7-8,10-11,15-16,21-22H,3-6,9,12-13H2,1-2H3,(H,29,31,32)/t15-,21+,22?/m1/s1. The molecule has 186 valence electrons. The fourth-order valence-electron chi connectivity index (χ4n) is 5.60. The maximum Gasteiger partial charge on any atom is 0.272 e. The predicted molar refractivity (Wildman–Crippen MR) is 131 cm³/mol. The predicted octanol–water partition coefficient (Wildman–Crippen LogP) is 5.33. The Kier molecular flexibility index (Phi) is 5.69. The van der Waals surface area contributed by atoms with Gasteiger partial charge < -0.3 is 10.1 Å². The molecule has 1 saturated carbocycles. The number of nitrogens with one attached hydrogen (secondary N) is 1. The first-order valence-corrected chi connectivity index (χ1v) is 12.6. The molecule has 7 nitrogen and oxygen atoms in total. The summed E-state index contributed by atoms with van der Waals surface area (Å²) in [7, 11) is 0. The van der Waals surface area contributed by atoms with Crippen molar-refractivity contribution in [2.75, 3.05) is 31.6 Å². The van der Waals surface area contributed by atoms with Gasteiger partial charge in [-0.1, -0.05) is 18.5 Å². The van der Waals surface area contributed by atoms with Crippen molar-refractivity contribution >= 4 is 34.1 Å². The van der Waals surface area contributed by atoms with Crippen LogP contribution in [0.4, 0.5) is 20.4 Å². The SMILES string of the molecule is Cc1cc2cnc(Nc3cnn(C4CC4(F)F)c3Cl)nc2cc1C1CCN([C@H]2COC[C@H]2C)CC1. The lowest BCUT2D eigenvalue weighted by Crippen LogP contribution is -2.44. The van der Waals surface area contributed by atoms with Gasteiger partial charge in [0.1, 0.15) is 6.04 Å². The van der Waals surface area contributed by atoms with E-state index in [1.165, 1.54) is 17.3 Å². The topological polar surface area (TPSA) is 68.1 Å². The lowest BCUT2D eigenvalue weighted by atomic mass is 9.85. The van der Waals surface area contributed by atoms with Gasteiger partial charge in [-0.05, 0) is 68.0 Å². The first-order chi connectivity index (χ1) is 16.8. The number of anilines is 2. The highest BCUT2D eigenvalue weighted by Crippen LogP contribution is 2.53. The van der Waals surface area contributed by atoms with E-state index in [1.54, 1.807) is 6.20 Å². The lowest BCUT2D eigenvalue weighted by Gasteiger charge is -2.37. The van der Waals surface area contributed by atoms with Crippen LogP contribution in [0.2, 0.25) is 5.15 Å². The number of hydrogen-bond donors (Lipinski definition) is 1. The maximum absolute atomic E-state index is 13.4. The Labute approximate surface area is 207 Å². The molecule has 0 amide bonds. The highest BCUT2D eigenvalue weighted by Gasteiger charge is 2.59. The van der Waals surface area contributed by atoms with E-state index in [4.69, 9.17) is 21.3 Å². The first kappa shape index (κ1) is 23.1. The van der Waals surface area contributed by atoms with E-state index >= 15 is 0 Å². The van der Waals surface area contributed by atoms with Gasteiger partial charge in [-0.2, -0.15) is 5.10 Å². The van der Waals surface area contributed by atoms with E-state index in [0.717, 1.165) is 54.7 Å². The van der Waals surface area contributed by atoms with Crippen LogP contribution < -0.4 is 5.32 Å². The summed E-state index contributed by atoms with van der Waals surface area (Å²) < 4.78 is 33.7. The van der Waals surface area contributed by atoms with E-state index in [-0.39, 0.29) is 11.6 Å². The van der Waals surface area contributed by atoms with Crippen LogP contribution in [0.25, 0.3) is 10.9 Å². The second-order valence-corrected chi connectivity index (χ2v) is 10.6. The number of fused-ring (bicyclic) bond motifs is 1.